The van der Waals surface area contributed by atoms with E-state index in [2.05, 4.69) is 0 Å². The van der Waals surface area contributed by atoms with Crippen molar-refractivity contribution in [1.82, 2.24) is 0 Å². The maximum Gasteiger partial charge on any atom is 0.177 e. The molecule has 2 aliphatic rings. The van der Waals surface area contributed by atoms with Gasteiger partial charge in [0.05, 0.1) is 23.8 Å². The Hall–Kier alpha value is -2.54. The van der Waals surface area contributed by atoms with Crippen LogP contribution < -0.4 is 4.90 Å². The predicted molar refractivity (Wildman–Crippen MR) is 115 cm³/mol. The molecule has 4 atom stereocenters. The molecule has 0 amide bonds. The Kier molecular flexibility index (Phi) is 6.65. The lowest BCUT2D eigenvalue weighted by Crippen LogP contribution is -2.50. The van der Waals surface area contributed by atoms with Gasteiger partial charge in [0.1, 0.15) is 11.5 Å². The van der Waals surface area contributed by atoms with E-state index in [4.69, 9.17) is 0 Å². The number of hydrogen-bond acceptors (Lipinski definition) is 7. The van der Waals surface area contributed by atoms with E-state index in [0.717, 1.165) is 11.3 Å². The van der Waals surface area contributed by atoms with Gasteiger partial charge in [0.15, 0.2) is 17.3 Å². The van der Waals surface area contributed by atoms with Crippen molar-refractivity contribution in [2.75, 3.05) is 25.6 Å². The molecule has 31 heavy (non-hydrogen) atoms. The van der Waals surface area contributed by atoms with Crippen molar-refractivity contribution in [1.29, 1.82) is 0 Å². The molecule has 1 aromatic carbocycles. The first-order valence-corrected chi connectivity index (χ1v) is 10.9. The number of fused-ring (bicyclic) bond motifs is 2. The number of carbonyl (C=O) groups is 4. The van der Waals surface area contributed by atoms with E-state index in [1.54, 1.807) is 0 Å². The topological polar surface area (TPSA) is 112 Å². The zero-order chi connectivity index (χ0) is 23.0. The van der Waals surface area contributed by atoms with E-state index < -0.39 is 35.1 Å². The van der Waals surface area contributed by atoms with Gasteiger partial charge in [-0.1, -0.05) is 6.92 Å². The van der Waals surface area contributed by atoms with Crippen LogP contribution in [0.25, 0.3) is 0 Å². The molecule has 0 spiro atoms. The van der Waals surface area contributed by atoms with Crippen LogP contribution in [0.4, 0.5) is 5.69 Å². The SMILES string of the molecule is CCc1cc(N(C)C)c2c(c1O)C(=O)C1C(=O)C(C(=O)CC(C)=O)C(CCO)CC1C2. The van der Waals surface area contributed by atoms with Crippen molar-refractivity contribution in [3.63, 3.8) is 0 Å². The highest BCUT2D eigenvalue weighted by Crippen LogP contribution is 2.48. The molecule has 0 aliphatic heterocycles. The molecule has 1 aromatic rings. The van der Waals surface area contributed by atoms with Crippen LogP contribution in [-0.4, -0.2) is 54.0 Å². The normalized spacial score (nSPS) is 25.1. The summed E-state index contributed by atoms with van der Waals surface area (Å²) in [6.07, 6.45) is 1.34. The van der Waals surface area contributed by atoms with E-state index in [-0.39, 0.29) is 42.5 Å². The number of phenolic OH excluding ortho intramolecular Hbond substituents is 1. The second-order valence-electron chi connectivity index (χ2n) is 9.04. The number of Topliss-reactive ketones (excluding diaryl/α,β-unsaturated/α-hetero) is 4. The lowest BCUT2D eigenvalue weighted by atomic mass is 9.59. The average Bonchev–Trinajstić information content (AvgIpc) is 2.67. The zero-order valence-electron chi connectivity index (χ0n) is 18.6. The Morgan fingerprint density at radius 1 is 1.23 bits per heavy atom. The summed E-state index contributed by atoms with van der Waals surface area (Å²) < 4.78 is 0. The highest BCUT2D eigenvalue weighted by molar-refractivity contribution is 6.20. The molecule has 0 heterocycles. The van der Waals surface area contributed by atoms with Crippen LogP contribution in [0.2, 0.25) is 0 Å². The number of benzene rings is 1. The third-order valence-electron chi connectivity index (χ3n) is 6.75. The smallest absolute Gasteiger partial charge is 0.177 e. The van der Waals surface area contributed by atoms with E-state index in [0.29, 0.717) is 24.8 Å². The number of anilines is 1. The summed E-state index contributed by atoms with van der Waals surface area (Å²) in [5, 5.41) is 20.3. The molecule has 2 aliphatic carbocycles. The number of rotatable bonds is 7. The van der Waals surface area contributed by atoms with Crippen molar-refractivity contribution in [3.8, 4) is 5.75 Å². The fourth-order valence-corrected chi connectivity index (χ4v) is 5.40. The summed E-state index contributed by atoms with van der Waals surface area (Å²) in [7, 11) is 3.75. The first kappa shape index (κ1) is 23.1. The predicted octanol–water partition coefficient (Wildman–Crippen LogP) is 2.13. The lowest BCUT2D eigenvalue weighted by molar-refractivity contribution is -0.142. The Labute approximate surface area is 182 Å². The monoisotopic (exact) mass is 429 g/mol. The molecule has 0 radical (unpaired) electrons. The van der Waals surface area contributed by atoms with Crippen molar-refractivity contribution < 1.29 is 29.4 Å². The van der Waals surface area contributed by atoms with Crippen LogP contribution >= 0.6 is 0 Å². The Morgan fingerprint density at radius 3 is 2.45 bits per heavy atom. The molecule has 1 fully saturated rings. The lowest BCUT2D eigenvalue weighted by Gasteiger charge is -2.42. The molecule has 0 saturated heterocycles. The van der Waals surface area contributed by atoms with Gasteiger partial charge in [0, 0.05) is 26.4 Å². The quantitative estimate of drug-likeness (QED) is 0.639. The van der Waals surface area contributed by atoms with Crippen molar-refractivity contribution in [2.45, 2.75) is 46.0 Å². The van der Waals surface area contributed by atoms with Crippen LogP contribution in [0.15, 0.2) is 6.07 Å². The minimum Gasteiger partial charge on any atom is -0.507 e. The first-order valence-electron chi connectivity index (χ1n) is 10.9. The molecule has 2 N–H and O–H groups in total. The molecular formula is C24H31NO6. The number of carbonyl (C=O) groups excluding carboxylic acids is 4. The maximum absolute atomic E-state index is 13.6. The van der Waals surface area contributed by atoms with Crippen molar-refractivity contribution in [3.05, 3.63) is 22.8 Å². The summed E-state index contributed by atoms with van der Waals surface area (Å²) in [6.45, 7) is 3.01. The van der Waals surface area contributed by atoms with Gasteiger partial charge in [0.2, 0.25) is 0 Å². The van der Waals surface area contributed by atoms with Gasteiger partial charge >= 0.3 is 0 Å². The first-order chi connectivity index (χ1) is 14.6. The van der Waals surface area contributed by atoms with Crippen LogP contribution in [0, 0.1) is 23.7 Å². The highest BCUT2D eigenvalue weighted by Gasteiger charge is 2.52. The van der Waals surface area contributed by atoms with Crippen LogP contribution in [0.5, 0.6) is 5.75 Å². The van der Waals surface area contributed by atoms with Gasteiger partial charge in [0.25, 0.3) is 0 Å². The second kappa shape index (κ2) is 8.91. The second-order valence-corrected chi connectivity index (χ2v) is 9.04. The number of hydrogen-bond donors (Lipinski definition) is 2. The number of aliphatic hydroxyl groups excluding tert-OH is 1. The molecule has 0 aromatic heterocycles. The number of aryl methyl sites for hydroxylation is 1. The third kappa shape index (κ3) is 4.03. The summed E-state index contributed by atoms with van der Waals surface area (Å²) in [6, 6.07) is 1.89. The van der Waals surface area contributed by atoms with E-state index in [1.807, 2.05) is 32.0 Å². The number of aromatic hydroxyl groups is 1. The number of ketones is 4. The average molecular weight is 430 g/mol. The standard InChI is InChI=1S/C24H31NO6/c1-5-13-11-17(25(3)4)16-10-15-9-14(6-7-26)19(18(28)8-12(2)27)23(30)20(15)24(31)21(16)22(13)29/h11,14-15,19-20,26,29H,5-10H2,1-4H3. The third-order valence-corrected chi connectivity index (χ3v) is 6.75. The molecule has 3 rings (SSSR count). The molecular weight excluding hydrogens is 398 g/mol. The molecule has 7 heteroatoms. The largest absolute Gasteiger partial charge is 0.507 e. The molecule has 4 unspecified atom stereocenters. The number of nitrogens with zero attached hydrogens (tertiary/aromatic N) is 1. The molecule has 7 nitrogen and oxygen atoms in total. The van der Waals surface area contributed by atoms with E-state index in [9.17, 15) is 29.4 Å². The number of phenols is 1. The van der Waals surface area contributed by atoms with Crippen LogP contribution in [0.1, 0.15) is 54.6 Å². The van der Waals surface area contributed by atoms with Gasteiger partial charge in [-0.25, -0.2) is 0 Å². The van der Waals surface area contributed by atoms with Gasteiger partial charge < -0.3 is 15.1 Å². The van der Waals surface area contributed by atoms with Crippen LogP contribution in [-0.2, 0) is 27.2 Å². The van der Waals surface area contributed by atoms with Crippen molar-refractivity contribution in [2.24, 2.45) is 23.7 Å². The fourth-order valence-electron chi connectivity index (χ4n) is 5.40. The summed E-state index contributed by atoms with van der Waals surface area (Å²) in [5.41, 5.74) is 2.41. The van der Waals surface area contributed by atoms with Gasteiger partial charge in [-0.15, -0.1) is 0 Å². The minimum atomic E-state index is -1.06. The highest BCUT2D eigenvalue weighted by atomic mass is 16.3. The van der Waals surface area contributed by atoms with Crippen molar-refractivity contribution >= 4 is 28.8 Å². The fraction of sp³-hybridized carbons (Fsp3) is 0.583. The summed E-state index contributed by atoms with van der Waals surface area (Å²) in [5.74, 6) is -4.55. The Bertz CT molecular complexity index is 934. The van der Waals surface area contributed by atoms with Crippen LogP contribution in [0.3, 0.4) is 0 Å². The van der Waals surface area contributed by atoms with E-state index >= 15 is 0 Å². The van der Waals surface area contributed by atoms with Gasteiger partial charge in [-0.05, 0) is 61.6 Å². The Morgan fingerprint density at radius 2 is 1.90 bits per heavy atom. The van der Waals surface area contributed by atoms with Gasteiger partial charge in [-0.3, -0.25) is 19.2 Å². The zero-order valence-corrected chi connectivity index (χ0v) is 18.6. The molecule has 168 valence electrons. The number of aliphatic hydroxyl groups is 1. The Balaban J connectivity index is 2.10. The molecule has 0 bridgehead atoms. The van der Waals surface area contributed by atoms with Gasteiger partial charge in [-0.2, -0.15) is 0 Å². The maximum atomic E-state index is 13.6. The molecule has 1 saturated carbocycles. The van der Waals surface area contributed by atoms with E-state index in [1.165, 1.54) is 6.92 Å². The minimum absolute atomic E-state index is 0.0801. The summed E-state index contributed by atoms with van der Waals surface area (Å²) >= 11 is 0. The summed E-state index contributed by atoms with van der Waals surface area (Å²) in [4.78, 5) is 53.2.